The number of anilines is 3. The van der Waals surface area contributed by atoms with Crippen molar-refractivity contribution < 1.29 is 8.78 Å². The summed E-state index contributed by atoms with van der Waals surface area (Å²) < 4.78 is 29.0. The highest BCUT2D eigenvalue weighted by Crippen LogP contribution is 2.37. The van der Waals surface area contributed by atoms with Crippen molar-refractivity contribution in [3.05, 3.63) is 40.8 Å². The molecule has 2 fully saturated rings. The van der Waals surface area contributed by atoms with Crippen molar-refractivity contribution in [1.29, 1.82) is 5.26 Å². The number of alkyl halides is 1. The molecule has 2 saturated heterocycles. The zero-order chi connectivity index (χ0) is 26.4. The number of benzene rings is 1. The van der Waals surface area contributed by atoms with Crippen LogP contribution < -0.4 is 20.0 Å². The number of hydrogen-bond acceptors (Lipinski definition) is 8. The predicted molar refractivity (Wildman–Crippen MR) is 144 cm³/mol. The summed E-state index contributed by atoms with van der Waals surface area (Å²) in [5, 5.41) is 12.7. The van der Waals surface area contributed by atoms with E-state index in [2.05, 4.69) is 45.1 Å². The summed E-state index contributed by atoms with van der Waals surface area (Å²) >= 11 is 0. The van der Waals surface area contributed by atoms with Crippen LogP contribution in [0.4, 0.5) is 26.2 Å². The van der Waals surface area contributed by atoms with Crippen LogP contribution in [0.5, 0.6) is 0 Å². The van der Waals surface area contributed by atoms with Gasteiger partial charge in [-0.25, -0.2) is 13.8 Å². The maximum atomic E-state index is 14.8. The van der Waals surface area contributed by atoms with E-state index in [1.54, 1.807) is 12.1 Å². The summed E-state index contributed by atoms with van der Waals surface area (Å²) in [6.07, 6.45) is 2.14. The number of likely N-dealkylation sites (N-methyl/N-ethyl adjacent to an activating group) is 1. The quantitative estimate of drug-likeness (QED) is 0.642. The van der Waals surface area contributed by atoms with Gasteiger partial charge in [-0.2, -0.15) is 10.2 Å². The lowest BCUT2D eigenvalue weighted by Crippen LogP contribution is -2.58. The average Bonchev–Trinajstić information content (AvgIpc) is 2.87. The molecule has 0 spiro atoms. The Balaban J connectivity index is 1.32. The summed E-state index contributed by atoms with van der Waals surface area (Å²) in [6.45, 7) is 4.43. The van der Waals surface area contributed by atoms with E-state index in [-0.39, 0.29) is 24.4 Å². The van der Waals surface area contributed by atoms with Crippen molar-refractivity contribution in [2.24, 2.45) is 0 Å². The molecule has 1 aromatic heterocycles. The van der Waals surface area contributed by atoms with Crippen molar-refractivity contribution in [3.63, 3.8) is 0 Å². The molecule has 3 aliphatic heterocycles. The number of nitrogens with one attached hydrogen (secondary N) is 1. The minimum absolute atomic E-state index is 0.0532. The van der Waals surface area contributed by atoms with Crippen LogP contribution in [-0.4, -0.2) is 92.5 Å². The lowest BCUT2D eigenvalue weighted by atomic mass is 9.88. The number of nitriles is 1. The monoisotopic (exact) mass is 522 g/mol. The third-order valence-corrected chi connectivity index (χ3v) is 8.62. The maximum Gasteiger partial charge on any atom is 0.227 e. The first-order chi connectivity index (χ1) is 18.4. The highest BCUT2D eigenvalue weighted by Gasteiger charge is 2.37. The van der Waals surface area contributed by atoms with Crippen LogP contribution in [0.1, 0.15) is 29.7 Å². The molecular weight excluding hydrogens is 486 g/mol. The summed E-state index contributed by atoms with van der Waals surface area (Å²) in [6, 6.07) is 7.66. The number of hydrogen-bond donors (Lipinski definition) is 1. The summed E-state index contributed by atoms with van der Waals surface area (Å²) in [5.74, 6) is 1.45. The van der Waals surface area contributed by atoms with E-state index in [9.17, 15) is 14.0 Å². The number of rotatable bonds is 5. The van der Waals surface area contributed by atoms with Crippen LogP contribution in [0.3, 0.4) is 0 Å². The van der Waals surface area contributed by atoms with Gasteiger partial charge in [0.1, 0.15) is 17.8 Å². The third-order valence-electron chi connectivity index (χ3n) is 8.62. The van der Waals surface area contributed by atoms with Crippen LogP contribution in [0.2, 0.25) is 0 Å². The molecule has 0 bridgehead atoms. The van der Waals surface area contributed by atoms with Gasteiger partial charge < -0.3 is 24.9 Å². The number of nitrogens with zero attached hydrogens (tertiary/aromatic N) is 7. The van der Waals surface area contributed by atoms with E-state index in [1.807, 2.05) is 0 Å². The van der Waals surface area contributed by atoms with Crippen LogP contribution >= 0.6 is 0 Å². The van der Waals surface area contributed by atoms with Crippen molar-refractivity contribution in [1.82, 2.24) is 20.2 Å². The van der Waals surface area contributed by atoms with E-state index in [4.69, 9.17) is 9.97 Å². The van der Waals surface area contributed by atoms with Gasteiger partial charge in [-0.1, -0.05) is 6.07 Å². The Morgan fingerprint density at radius 2 is 1.97 bits per heavy atom. The van der Waals surface area contributed by atoms with Crippen LogP contribution in [0.25, 0.3) is 0 Å². The zero-order valence-corrected chi connectivity index (χ0v) is 22.2. The van der Waals surface area contributed by atoms with Crippen molar-refractivity contribution in [2.75, 3.05) is 68.1 Å². The van der Waals surface area contributed by atoms with E-state index < -0.39 is 6.17 Å². The Hall–Kier alpha value is -3.03. The summed E-state index contributed by atoms with van der Waals surface area (Å²) in [5.41, 5.74) is 3.88. The second-order valence-corrected chi connectivity index (χ2v) is 11.4. The molecule has 6 rings (SSSR count). The Kier molecular flexibility index (Phi) is 6.82. The van der Waals surface area contributed by atoms with Gasteiger partial charge in [0, 0.05) is 81.5 Å². The summed E-state index contributed by atoms with van der Waals surface area (Å²) in [7, 11) is 4.19. The lowest BCUT2D eigenvalue weighted by molar-refractivity contribution is 0.245. The molecule has 2 aromatic rings. The van der Waals surface area contributed by atoms with Gasteiger partial charge in [0.15, 0.2) is 0 Å². The van der Waals surface area contributed by atoms with E-state index >= 15 is 0 Å². The lowest BCUT2D eigenvalue weighted by Gasteiger charge is -2.44. The van der Waals surface area contributed by atoms with Crippen molar-refractivity contribution in [3.8, 4) is 6.07 Å². The Morgan fingerprint density at radius 3 is 2.76 bits per heavy atom. The number of piperazine rings is 1. The van der Waals surface area contributed by atoms with Gasteiger partial charge in [0.25, 0.3) is 0 Å². The Bertz CT molecular complexity index is 1220. The molecule has 0 saturated carbocycles. The first-order valence-electron chi connectivity index (χ1n) is 13.7. The minimum atomic E-state index is -0.965. The molecular formula is C28H36F2N8. The van der Waals surface area contributed by atoms with E-state index in [1.165, 1.54) is 11.6 Å². The fourth-order valence-corrected chi connectivity index (χ4v) is 6.38. The summed E-state index contributed by atoms with van der Waals surface area (Å²) in [4.78, 5) is 19.0. The fourth-order valence-electron chi connectivity index (χ4n) is 6.38. The van der Waals surface area contributed by atoms with Crippen LogP contribution in [-0.2, 0) is 19.3 Å². The van der Waals surface area contributed by atoms with Gasteiger partial charge >= 0.3 is 0 Å². The highest BCUT2D eigenvalue weighted by molar-refractivity contribution is 5.60. The standard InChI is InChI=1S/C28H36F2N8/c1-35(2)23-16-37(17-23)28-33-25-13-22(38-14-20(30)11-18-3-4-19(29)12-26(18)38)5-6-24(25)27(34-28)36-10-9-32-21(15-36)7-8-31/h3-4,12,20-23,32H,5-7,9-11,13-17H2,1-2H3/t20-,21-,22-/m0/s1. The number of aromatic nitrogens is 2. The largest absolute Gasteiger partial charge is 0.365 e. The van der Waals surface area contributed by atoms with Gasteiger partial charge in [-0.05, 0) is 44.6 Å². The van der Waals surface area contributed by atoms with Crippen molar-refractivity contribution >= 4 is 17.5 Å². The molecule has 0 amide bonds. The molecule has 38 heavy (non-hydrogen) atoms. The Labute approximate surface area is 223 Å². The normalized spacial score (nSPS) is 25.6. The fraction of sp³-hybridized carbons (Fsp3) is 0.607. The van der Waals surface area contributed by atoms with Crippen LogP contribution in [0, 0.1) is 17.1 Å². The molecule has 0 radical (unpaired) electrons. The highest BCUT2D eigenvalue weighted by atomic mass is 19.1. The van der Waals surface area contributed by atoms with Gasteiger partial charge in [-0.15, -0.1) is 0 Å². The first-order valence-corrected chi connectivity index (χ1v) is 13.7. The van der Waals surface area contributed by atoms with Crippen molar-refractivity contribution in [2.45, 2.75) is 56.4 Å². The molecule has 4 heterocycles. The molecule has 0 unspecified atom stereocenters. The first kappa shape index (κ1) is 25.3. The van der Waals surface area contributed by atoms with E-state index in [0.29, 0.717) is 25.3 Å². The molecule has 1 N–H and O–H groups in total. The SMILES string of the molecule is CN(C)C1CN(c2nc3c(c(N4CCN[C@@H](CC#N)C4)n2)CC[C@H](N2C[C@@H](F)Cc4ccc(F)cc42)C3)C1. The maximum absolute atomic E-state index is 14.8. The topological polar surface area (TPSA) is 74.6 Å². The molecule has 10 heteroatoms. The molecule has 1 aromatic carbocycles. The minimum Gasteiger partial charge on any atom is -0.365 e. The predicted octanol–water partition coefficient (Wildman–Crippen LogP) is 2.32. The third kappa shape index (κ3) is 4.78. The number of halogens is 2. The molecule has 4 aliphatic rings. The molecule has 202 valence electrons. The number of fused-ring (bicyclic) bond motifs is 2. The average molecular weight is 523 g/mol. The van der Waals surface area contributed by atoms with Gasteiger partial charge in [-0.3, -0.25) is 0 Å². The smallest absolute Gasteiger partial charge is 0.227 e. The van der Waals surface area contributed by atoms with Crippen LogP contribution in [0.15, 0.2) is 18.2 Å². The molecule has 8 nitrogen and oxygen atoms in total. The zero-order valence-electron chi connectivity index (χ0n) is 22.2. The second kappa shape index (κ2) is 10.3. The van der Waals surface area contributed by atoms with Gasteiger partial charge in [0.05, 0.1) is 18.2 Å². The Morgan fingerprint density at radius 1 is 1.13 bits per heavy atom. The van der Waals surface area contributed by atoms with E-state index in [0.717, 1.165) is 74.3 Å². The second-order valence-electron chi connectivity index (χ2n) is 11.4. The molecule has 3 atom stereocenters. The molecule has 1 aliphatic carbocycles. The van der Waals surface area contributed by atoms with Gasteiger partial charge in [0.2, 0.25) is 5.95 Å².